The van der Waals surface area contributed by atoms with Gasteiger partial charge in [0.2, 0.25) is 6.29 Å². The summed E-state index contributed by atoms with van der Waals surface area (Å²) in [4.78, 5) is 32.6. The van der Waals surface area contributed by atoms with Crippen LogP contribution in [0.3, 0.4) is 0 Å². The van der Waals surface area contributed by atoms with Crippen molar-refractivity contribution < 1.29 is 33.3 Å². The Morgan fingerprint density at radius 1 is 0.944 bits per heavy atom. The fourth-order valence-electron chi connectivity index (χ4n) is 1.65. The van der Waals surface area contributed by atoms with E-state index >= 15 is 0 Å². The van der Waals surface area contributed by atoms with Crippen molar-refractivity contribution in [2.45, 2.75) is 45.7 Å². The Kier molecular flexibility index (Phi) is 5.08. The molecule has 0 aliphatic carbocycles. The Morgan fingerprint density at radius 2 is 1.50 bits per heavy atom. The molecule has 1 heterocycles. The van der Waals surface area contributed by atoms with Crippen LogP contribution in [0.4, 0.5) is 0 Å². The third-order valence-electron chi connectivity index (χ3n) is 2.18. The number of hydrogen-bond acceptors (Lipinski definition) is 7. The molecule has 0 amide bonds. The molecule has 102 valence electrons. The molecule has 1 aliphatic rings. The van der Waals surface area contributed by atoms with Crippen molar-refractivity contribution in [1.29, 1.82) is 0 Å². The quantitative estimate of drug-likeness (QED) is 0.527. The fourth-order valence-corrected chi connectivity index (χ4v) is 1.65. The van der Waals surface area contributed by atoms with Crippen LogP contribution in [0.1, 0.15) is 27.2 Å². The molecular formula is C11H16O7. The van der Waals surface area contributed by atoms with Gasteiger partial charge in [-0.05, 0) is 0 Å². The van der Waals surface area contributed by atoms with E-state index in [-0.39, 0.29) is 13.0 Å². The van der Waals surface area contributed by atoms with Crippen molar-refractivity contribution in [3.63, 3.8) is 0 Å². The van der Waals surface area contributed by atoms with Gasteiger partial charge in [-0.15, -0.1) is 0 Å². The fraction of sp³-hybridized carbons (Fsp3) is 0.727. The zero-order chi connectivity index (χ0) is 13.7. The standard InChI is InChI=1S/C11H16O7/c1-6(12)16-9-4-10(17-7(2)13)11(15-5-9)18-8(3)14/h9-11H,4-5H2,1-3H3/t9-,10+,11+/m0/s1. The Labute approximate surface area is 104 Å². The third kappa shape index (κ3) is 4.70. The van der Waals surface area contributed by atoms with Crippen LogP contribution in [0.2, 0.25) is 0 Å². The summed E-state index contributed by atoms with van der Waals surface area (Å²) in [5, 5.41) is 0. The molecule has 0 spiro atoms. The molecule has 1 rings (SSSR count). The number of carbonyl (C=O) groups excluding carboxylic acids is 3. The van der Waals surface area contributed by atoms with Crippen LogP contribution in [0, 0.1) is 0 Å². The average Bonchev–Trinajstić information content (AvgIpc) is 2.19. The first-order valence-electron chi connectivity index (χ1n) is 5.51. The monoisotopic (exact) mass is 260 g/mol. The van der Waals surface area contributed by atoms with Crippen LogP contribution in [-0.4, -0.2) is 43.0 Å². The van der Waals surface area contributed by atoms with E-state index < -0.39 is 36.4 Å². The Hall–Kier alpha value is -1.63. The molecule has 0 saturated carbocycles. The second-order valence-electron chi connectivity index (χ2n) is 3.93. The van der Waals surface area contributed by atoms with Crippen LogP contribution in [0.5, 0.6) is 0 Å². The van der Waals surface area contributed by atoms with Gasteiger partial charge in [0.05, 0.1) is 6.61 Å². The zero-order valence-electron chi connectivity index (χ0n) is 10.5. The minimum atomic E-state index is -0.960. The summed E-state index contributed by atoms with van der Waals surface area (Å²) in [5.74, 6) is -1.51. The van der Waals surface area contributed by atoms with Gasteiger partial charge >= 0.3 is 17.9 Å². The lowest BCUT2D eigenvalue weighted by molar-refractivity contribution is -0.241. The van der Waals surface area contributed by atoms with Gasteiger partial charge in [-0.2, -0.15) is 0 Å². The lowest BCUT2D eigenvalue weighted by Gasteiger charge is -2.34. The van der Waals surface area contributed by atoms with E-state index in [0.29, 0.717) is 0 Å². The Morgan fingerprint density at radius 3 is 2.00 bits per heavy atom. The number of rotatable bonds is 3. The second-order valence-corrected chi connectivity index (χ2v) is 3.93. The molecule has 0 bridgehead atoms. The molecule has 0 aromatic rings. The highest BCUT2D eigenvalue weighted by molar-refractivity contribution is 5.67. The van der Waals surface area contributed by atoms with Crippen molar-refractivity contribution in [3.05, 3.63) is 0 Å². The normalized spacial score (nSPS) is 27.2. The molecule has 0 N–H and O–H groups in total. The minimum absolute atomic E-state index is 0.0926. The molecule has 0 aromatic heterocycles. The maximum Gasteiger partial charge on any atom is 0.305 e. The van der Waals surface area contributed by atoms with Crippen molar-refractivity contribution in [2.24, 2.45) is 0 Å². The van der Waals surface area contributed by atoms with E-state index in [1.54, 1.807) is 0 Å². The molecule has 18 heavy (non-hydrogen) atoms. The SMILES string of the molecule is CC(=O)O[C@@H]1CO[C@H](OC(C)=O)[C@H](OC(C)=O)C1. The van der Waals surface area contributed by atoms with Gasteiger partial charge in [0.25, 0.3) is 0 Å². The lowest BCUT2D eigenvalue weighted by Crippen LogP contribution is -2.46. The first-order chi connectivity index (χ1) is 8.38. The molecular weight excluding hydrogens is 244 g/mol. The minimum Gasteiger partial charge on any atom is -0.460 e. The summed E-state index contributed by atoms with van der Waals surface area (Å²) >= 11 is 0. The second kappa shape index (κ2) is 6.34. The molecule has 7 heteroatoms. The number of esters is 3. The van der Waals surface area contributed by atoms with Crippen molar-refractivity contribution in [3.8, 4) is 0 Å². The average molecular weight is 260 g/mol. The predicted octanol–water partition coefficient (Wildman–Crippen LogP) is 0.159. The zero-order valence-corrected chi connectivity index (χ0v) is 10.5. The smallest absolute Gasteiger partial charge is 0.305 e. The highest BCUT2D eigenvalue weighted by Crippen LogP contribution is 2.21. The van der Waals surface area contributed by atoms with Gasteiger partial charge < -0.3 is 18.9 Å². The van der Waals surface area contributed by atoms with Crippen LogP contribution < -0.4 is 0 Å². The summed E-state index contributed by atoms with van der Waals surface area (Å²) in [5.41, 5.74) is 0. The Bertz CT molecular complexity index is 338. The van der Waals surface area contributed by atoms with E-state index in [1.807, 2.05) is 0 Å². The summed E-state index contributed by atoms with van der Waals surface area (Å²) in [6.45, 7) is 3.83. The summed E-state index contributed by atoms with van der Waals surface area (Å²) < 4.78 is 20.0. The lowest BCUT2D eigenvalue weighted by atomic mass is 10.1. The van der Waals surface area contributed by atoms with Gasteiger partial charge in [0.15, 0.2) is 6.10 Å². The number of ether oxygens (including phenoxy) is 4. The van der Waals surface area contributed by atoms with Crippen molar-refractivity contribution in [1.82, 2.24) is 0 Å². The number of carbonyl (C=O) groups is 3. The van der Waals surface area contributed by atoms with Crippen LogP contribution in [0.25, 0.3) is 0 Å². The first kappa shape index (κ1) is 14.4. The molecule has 0 aromatic carbocycles. The Balaban J connectivity index is 2.62. The van der Waals surface area contributed by atoms with E-state index in [1.165, 1.54) is 20.8 Å². The van der Waals surface area contributed by atoms with Gasteiger partial charge in [0, 0.05) is 27.2 Å². The highest BCUT2D eigenvalue weighted by atomic mass is 16.7. The summed E-state index contributed by atoms with van der Waals surface area (Å²) in [6, 6.07) is 0. The third-order valence-corrected chi connectivity index (χ3v) is 2.18. The van der Waals surface area contributed by atoms with Gasteiger partial charge in [-0.1, -0.05) is 0 Å². The van der Waals surface area contributed by atoms with Gasteiger partial charge in [0.1, 0.15) is 6.10 Å². The van der Waals surface area contributed by atoms with E-state index in [9.17, 15) is 14.4 Å². The molecule has 1 aliphatic heterocycles. The summed E-state index contributed by atoms with van der Waals surface area (Å²) in [6.07, 6.45) is -2.02. The molecule has 3 atom stereocenters. The van der Waals surface area contributed by atoms with Crippen LogP contribution in [-0.2, 0) is 33.3 Å². The molecule has 0 unspecified atom stereocenters. The topological polar surface area (TPSA) is 88.1 Å². The summed E-state index contributed by atoms with van der Waals surface area (Å²) in [7, 11) is 0. The van der Waals surface area contributed by atoms with Gasteiger partial charge in [-0.3, -0.25) is 14.4 Å². The predicted molar refractivity (Wildman–Crippen MR) is 57.2 cm³/mol. The van der Waals surface area contributed by atoms with Crippen LogP contribution in [0.15, 0.2) is 0 Å². The molecule has 0 radical (unpaired) electrons. The molecule has 1 fully saturated rings. The largest absolute Gasteiger partial charge is 0.460 e. The highest BCUT2D eigenvalue weighted by Gasteiger charge is 2.37. The molecule has 7 nitrogen and oxygen atoms in total. The van der Waals surface area contributed by atoms with Gasteiger partial charge in [-0.25, -0.2) is 0 Å². The number of hydrogen-bond donors (Lipinski definition) is 0. The maximum absolute atomic E-state index is 10.9. The molecule has 1 saturated heterocycles. The van der Waals surface area contributed by atoms with E-state index in [2.05, 4.69) is 0 Å². The van der Waals surface area contributed by atoms with Crippen molar-refractivity contribution in [2.75, 3.05) is 6.61 Å². The van der Waals surface area contributed by atoms with E-state index in [0.717, 1.165) is 0 Å². The first-order valence-corrected chi connectivity index (χ1v) is 5.51. The van der Waals surface area contributed by atoms with Crippen molar-refractivity contribution >= 4 is 17.9 Å². The van der Waals surface area contributed by atoms with E-state index in [4.69, 9.17) is 18.9 Å². The maximum atomic E-state index is 10.9. The van der Waals surface area contributed by atoms with Crippen LogP contribution >= 0.6 is 0 Å².